The predicted octanol–water partition coefficient (Wildman–Crippen LogP) is 5.15. The Morgan fingerprint density at radius 3 is 2.13 bits per heavy atom. The zero-order chi connectivity index (χ0) is 21.1. The van der Waals surface area contributed by atoms with E-state index < -0.39 is 0 Å². The number of phenols is 3. The van der Waals surface area contributed by atoms with Crippen molar-refractivity contribution in [3.05, 3.63) is 84.4 Å². The number of pyridine rings is 1. The molecule has 6 nitrogen and oxygen atoms in total. The molecular weight excluding hydrogens is 378 g/mol. The highest BCUT2D eigenvalue weighted by atomic mass is 16.3. The van der Waals surface area contributed by atoms with E-state index >= 15 is 0 Å². The molecule has 0 spiro atoms. The molecular formula is C24H17N3O3. The lowest BCUT2D eigenvalue weighted by atomic mass is 9.98. The topological polar surface area (TPSA) is 109 Å². The lowest BCUT2D eigenvalue weighted by Gasteiger charge is -2.15. The Morgan fingerprint density at radius 1 is 0.767 bits per heavy atom. The van der Waals surface area contributed by atoms with Crippen LogP contribution in [0.4, 0.5) is 11.5 Å². The van der Waals surface area contributed by atoms with Gasteiger partial charge in [0.2, 0.25) is 0 Å². The minimum atomic E-state index is -0.123. The number of aromatic nitrogens is 1. The third-order valence-electron chi connectivity index (χ3n) is 4.60. The van der Waals surface area contributed by atoms with Gasteiger partial charge in [-0.1, -0.05) is 30.3 Å². The molecule has 4 N–H and O–H groups in total. The van der Waals surface area contributed by atoms with Gasteiger partial charge in [-0.3, -0.25) is 0 Å². The van der Waals surface area contributed by atoms with Crippen molar-refractivity contribution in [1.29, 1.82) is 5.26 Å². The molecule has 3 aromatic carbocycles. The van der Waals surface area contributed by atoms with Crippen LogP contribution in [0.15, 0.2) is 78.9 Å². The molecule has 30 heavy (non-hydrogen) atoms. The number of anilines is 2. The fraction of sp³-hybridized carbons (Fsp3) is 0. The van der Waals surface area contributed by atoms with Gasteiger partial charge < -0.3 is 20.6 Å². The summed E-state index contributed by atoms with van der Waals surface area (Å²) in [6.07, 6.45) is 0. The third-order valence-corrected chi connectivity index (χ3v) is 4.60. The summed E-state index contributed by atoms with van der Waals surface area (Å²) in [4.78, 5) is 4.57. The van der Waals surface area contributed by atoms with Crippen LogP contribution in [0, 0.1) is 11.3 Å². The largest absolute Gasteiger partial charge is 0.508 e. The summed E-state index contributed by atoms with van der Waals surface area (Å²) < 4.78 is 0. The molecule has 0 bridgehead atoms. The van der Waals surface area contributed by atoms with Crippen LogP contribution in [0.25, 0.3) is 22.4 Å². The number of benzene rings is 3. The fourth-order valence-corrected chi connectivity index (χ4v) is 3.15. The molecule has 6 heteroatoms. The first-order chi connectivity index (χ1) is 14.5. The molecule has 0 aliphatic carbocycles. The first kappa shape index (κ1) is 18.8. The van der Waals surface area contributed by atoms with Crippen LogP contribution in [0.3, 0.4) is 0 Å². The maximum atomic E-state index is 10.3. The first-order valence-electron chi connectivity index (χ1n) is 9.14. The second-order valence-electron chi connectivity index (χ2n) is 6.63. The maximum Gasteiger partial charge on any atom is 0.149 e. The van der Waals surface area contributed by atoms with Gasteiger partial charge in [0.1, 0.15) is 34.7 Å². The molecule has 1 heterocycles. The Bertz CT molecular complexity index is 1250. The number of phenolic OH excluding ortho intramolecular Hbond substituents is 3. The Labute approximate surface area is 173 Å². The van der Waals surface area contributed by atoms with Gasteiger partial charge in [-0.2, -0.15) is 5.26 Å². The van der Waals surface area contributed by atoms with E-state index in [0.717, 1.165) is 5.56 Å². The second kappa shape index (κ2) is 7.86. The number of nitrogens with zero attached hydrogens (tertiary/aromatic N) is 2. The summed E-state index contributed by atoms with van der Waals surface area (Å²) in [5, 5.41) is 42.5. The van der Waals surface area contributed by atoms with Crippen LogP contribution in [0.2, 0.25) is 0 Å². The quantitative estimate of drug-likeness (QED) is 0.356. The van der Waals surface area contributed by atoms with Crippen LogP contribution in [0.1, 0.15) is 5.56 Å². The van der Waals surface area contributed by atoms with Crippen LogP contribution in [0.5, 0.6) is 17.2 Å². The molecule has 4 aromatic rings. The van der Waals surface area contributed by atoms with Gasteiger partial charge in [0.05, 0.1) is 5.69 Å². The normalized spacial score (nSPS) is 10.4. The van der Waals surface area contributed by atoms with Crippen molar-refractivity contribution in [2.45, 2.75) is 0 Å². The third kappa shape index (κ3) is 3.73. The van der Waals surface area contributed by atoms with E-state index in [1.165, 1.54) is 24.3 Å². The van der Waals surface area contributed by atoms with Gasteiger partial charge in [-0.15, -0.1) is 0 Å². The highest BCUT2D eigenvalue weighted by molar-refractivity contribution is 5.83. The monoisotopic (exact) mass is 395 g/mol. The van der Waals surface area contributed by atoms with Crippen LogP contribution >= 0.6 is 0 Å². The summed E-state index contributed by atoms with van der Waals surface area (Å²) >= 11 is 0. The highest BCUT2D eigenvalue weighted by Crippen LogP contribution is 2.37. The van der Waals surface area contributed by atoms with Gasteiger partial charge in [-0.25, -0.2) is 4.98 Å². The lowest BCUT2D eigenvalue weighted by Crippen LogP contribution is -2.01. The first-order valence-corrected chi connectivity index (χ1v) is 9.14. The number of hydrogen-bond acceptors (Lipinski definition) is 6. The van der Waals surface area contributed by atoms with E-state index in [1.54, 1.807) is 24.3 Å². The lowest BCUT2D eigenvalue weighted by molar-refractivity contribution is 0.451. The van der Waals surface area contributed by atoms with E-state index in [-0.39, 0.29) is 17.2 Å². The number of hydrogen-bond donors (Lipinski definition) is 4. The van der Waals surface area contributed by atoms with Crippen LogP contribution in [-0.4, -0.2) is 20.3 Å². The van der Waals surface area contributed by atoms with Crippen molar-refractivity contribution in [2.24, 2.45) is 0 Å². The summed E-state index contributed by atoms with van der Waals surface area (Å²) in [6, 6.07) is 24.1. The molecule has 146 valence electrons. The second-order valence-corrected chi connectivity index (χ2v) is 6.63. The van der Waals surface area contributed by atoms with Crippen molar-refractivity contribution in [3.8, 4) is 45.7 Å². The molecule has 0 saturated carbocycles. The molecule has 4 rings (SSSR count). The molecule has 1 aromatic heterocycles. The molecule has 0 atom stereocenters. The molecule has 0 saturated heterocycles. The van der Waals surface area contributed by atoms with Crippen molar-refractivity contribution >= 4 is 11.5 Å². The minimum absolute atomic E-state index is 0.0596. The van der Waals surface area contributed by atoms with Gasteiger partial charge in [0.25, 0.3) is 0 Å². The van der Waals surface area contributed by atoms with Gasteiger partial charge in [-0.05, 0) is 48.0 Å². The van der Waals surface area contributed by atoms with E-state index in [1.807, 2.05) is 30.3 Å². The molecule has 0 aliphatic heterocycles. The van der Waals surface area contributed by atoms with E-state index in [9.17, 15) is 20.6 Å². The molecule has 0 radical (unpaired) electrons. The highest BCUT2D eigenvalue weighted by Gasteiger charge is 2.17. The smallest absolute Gasteiger partial charge is 0.149 e. The summed E-state index contributed by atoms with van der Waals surface area (Å²) in [6.45, 7) is 0. The molecule has 0 amide bonds. The van der Waals surface area contributed by atoms with Gasteiger partial charge in [0.15, 0.2) is 0 Å². The van der Waals surface area contributed by atoms with E-state index in [0.29, 0.717) is 33.9 Å². The predicted molar refractivity (Wildman–Crippen MR) is 115 cm³/mol. The van der Waals surface area contributed by atoms with Crippen molar-refractivity contribution < 1.29 is 15.3 Å². The number of aromatic hydroxyl groups is 3. The van der Waals surface area contributed by atoms with Gasteiger partial charge >= 0.3 is 0 Å². The Balaban J connectivity index is 1.93. The van der Waals surface area contributed by atoms with Crippen molar-refractivity contribution in [2.75, 3.05) is 5.32 Å². The number of rotatable bonds is 4. The molecule has 0 unspecified atom stereocenters. The van der Waals surface area contributed by atoms with Crippen molar-refractivity contribution in [1.82, 2.24) is 4.98 Å². The fourth-order valence-electron chi connectivity index (χ4n) is 3.15. The zero-order valence-electron chi connectivity index (χ0n) is 15.7. The number of nitrogens with one attached hydrogen (secondary N) is 1. The van der Waals surface area contributed by atoms with Crippen LogP contribution in [-0.2, 0) is 0 Å². The Hall–Kier alpha value is -4.50. The Morgan fingerprint density at radius 2 is 1.47 bits per heavy atom. The average molecular weight is 395 g/mol. The van der Waals surface area contributed by atoms with Crippen LogP contribution < -0.4 is 5.32 Å². The number of nitriles is 1. The van der Waals surface area contributed by atoms with E-state index in [2.05, 4.69) is 16.4 Å². The summed E-state index contributed by atoms with van der Waals surface area (Å²) in [5.41, 5.74) is 3.32. The average Bonchev–Trinajstić information content (AvgIpc) is 2.75. The van der Waals surface area contributed by atoms with Crippen molar-refractivity contribution in [3.63, 3.8) is 0 Å². The summed E-state index contributed by atoms with van der Waals surface area (Å²) in [7, 11) is 0. The van der Waals surface area contributed by atoms with Gasteiger partial charge in [0, 0.05) is 22.9 Å². The zero-order valence-corrected chi connectivity index (χ0v) is 15.7. The maximum absolute atomic E-state index is 10.3. The molecule has 0 aliphatic rings. The summed E-state index contributed by atoms with van der Waals surface area (Å²) in [5.74, 6) is 0.256. The SMILES string of the molecule is N#Cc1c(-c2ccccc2)cc(-c2ccc(O)cc2O)nc1Nc1ccc(O)cc1. The molecule has 0 fully saturated rings. The van der Waals surface area contributed by atoms with E-state index in [4.69, 9.17) is 0 Å². The Kier molecular flexibility index (Phi) is 4.93. The minimum Gasteiger partial charge on any atom is -0.508 e. The standard InChI is InChI=1S/C24H17N3O3/c25-14-21-20(15-4-2-1-3-5-15)13-22(19-11-10-18(29)12-23(19)30)27-24(21)26-16-6-8-17(28)9-7-16/h1-13,28-30H,(H,26,27).